The molecule has 2 aromatic rings. The molecule has 1 atom stereocenters. The van der Waals surface area contributed by atoms with Crippen LogP contribution in [0.15, 0.2) is 18.5 Å². The average Bonchev–Trinajstić information content (AvgIpc) is 2.90. The zero-order valence-electron chi connectivity index (χ0n) is 13.6. The van der Waals surface area contributed by atoms with Crippen molar-refractivity contribution in [3.8, 4) is 0 Å². The smallest absolute Gasteiger partial charge is 0.0645 e. The molecule has 0 aromatic carbocycles. The first-order valence-corrected chi connectivity index (χ1v) is 7.66. The highest BCUT2D eigenvalue weighted by molar-refractivity contribution is 5.84. The maximum atomic E-state index is 4.16. The topological polar surface area (TPSA) is 44.0 Å². The number of rotatable bonds is 1. The molecular weight excluding hydrogens is 248 g/mol. The van der Waals surface area contributed by atoms with Crippen molar-refractivity contribution in [1.29, 1.82) is 0 Å². The second-order valence-corrected chi connectivity index (χ2v) is 4.44. The molecule has 2 aromatic heterocycles. The third kappa shape index (κ3) is 3.19. The van der Waals surface area contributed by atoms with Gasteiger partial charge in [0.1, 0.15) is 0 Å². The predicted molar refractivity (Wildman–Crippen MR) is 86.7 cm³/mol. The number of nitrogens with zero attached hydrogens (tertiary/aromatic N) is 2. The number of hydrogen-bond acceptors (Lipinski definition) is 3. The van der Waals surface area contributed by atoms with Crippen LogP contribution >= 0.6 is 0 Å². The van der Waals surface area contributed by atoms with Crippen LogP contribution in [0.4, 0.5) is 0 Å². The molecule has 4 heteroatoms. The normalized spacial score (nSPS) is 17.6. The number of aromatic amines is 1. The quantitative estimate of drug-likeness (QED) is 0.835. The fourth-order valence-corrected chi connectivity index (χ4v) is 2.66. The van der Waals surface area contributed by atoms with Crippen LogP contribution in [-0.2, 0) is 6.54 Å². The third-order valence-corrected chi connectivity index (χ3v) is 3.37. The molecule has 0 radical (unpaired) electrons. The number of fused-ring (bicyclic) bond motifs is 3. The number of hydrogen-bond donors (Lipinski definition) is 2. The SMILES string of the molecule is CC.CC.CNN1Cc2[nH]c3cnccc3c2C(C)C1. The van der Waals surface area contributed by atoms with Gasteiger partial charge in [-0.15, -0.1) is 0 Å². The lowest BCUT2D eigenvalue weighted by atomic mass is 9.95. The summed E-state index contributed by atoms with van der Waals surface area (Å²) < 4.78 is 0. The highest BCUT2D eigenvalue weighted by Gasteiger charge is 2.25. The molecule has 4 nitrogen and oxygen atoms in total. The van der Waals surface area contributed by atoms with Crippen LogP contribution in [0.1, 0.15) is 51.8 Å². The molecule has 0 bridgehead atoms. The first-order valence-electron chi connectivity index (χ1n) is 7.66. The maximum absolute atomic E-state index is 4.16. The zero-order chi connectivity index (χ0) is 15.1. The summed E-state index contributed by atoms with van der Waals surface area (Å²) in [5.74, 6) is 0.548. The Bertz CT molecular complexity index is 518. The summed E-state index contributed by atoms with van der Waals surface area (Å²) in [6.45, 7) is 12.3. The first-order chi connectivity index (χ1) is 9.79. The van der Waals surface area contributed by atoms with Gasteiger partial charge >= 0.3 is 0 Å². The van der Waals surface area contributed by atoms with Crippen LogP contribution in [-0.4, -0.2) is 28.6 Å². The van der Waals surface area contributed by atoms with E-state index in [0.717, 1.165) is 18.6 Å². The largest absolute Gasteiger partial charge is 0.356 e. The molecule has 112 valence electrons. The van der Waals surface area contributed by atoms with Crippen molar-refractivity contribution in [1.82, 2.24) is 20.4 Å². The van der Waals surface area contributed by atoms with Gasteiger partial charge in [0.2, 0.25) is 0 Å². The Kier molecular flexibility index (Phi) is 6.68. The molecule has 0 fully saturated rings. The highest BCUT2D eigenvalue weighted by atomic mass is 15.5. The van der Waals surface area contributed by atoms with Crippen molar-refractivity contribution >= 4 is 10.9 Å². The van der Waals surface area contributed by atoms with Gasteiger partial charge in [0, 0.05) is 23.8 Å². The van der Waals surface area contributed by atoms with Crippen LogP contribution in [0.25, 0.3) is 10.9 Å². The van der Waals surface area contributed by atoms with Crippen LogP contribution in [0, 0.1) is 0 Å². The van der Waals surface area contributed by atoms with E-state index in [0.29, 0.717) is 5.92 Å². The zero-order valence-corrected chi connectivity index (χ0v) is 13.6. The minimum atomic E-state index is 0.548. The molecule has 1 unspecified atom stereocenters. The van der Waals surface area contributed by atoms with Gasteiger partial charge in [0.25, 0.3) is 0 Å². The van der Waals surface area contributed by atoms with Crippen molar-refractivity contribution in [2.75, 3.05) is 13.6 Å². The number of nitrogens with one attached hydrogen (secondary N) is 2. The van der Waals surface area contributed by atoms with E-state index in [2.05, 4.69) is 33.4 Å². The average molecular weight is 276 g/mol. The summed E-state index contributed by atoms with van der Waals surface area (Å²) in [5.41, 5.74) is 7.15. The van der Waals surface area contributed by atoms with E-state index < -0.39 is 0 Å². The molecule has 0 saturated heterocycles. The predicted octanol–water partition coefficient (Wildman–Crippen LogP) is 3.67. The summed E-state index contributed by atoms with van der Waals surface area (Å²) in [6.07, 6.45) is 3.78. The van der Waals surface area contributed by atoms with Gasteiger partial charge in [-0.3, -0.25) is 10.4 Å². The van der Waals surface area contributed by atoms with Crippen LogP contribution in [0.5, 0.6) is 0 Å². The summed E-state index contributed by atoms with van der Waals surface area (Å²) >= 11 is 0. The van der Waals surface area contributed by atoms with E-state index in [1.165, 1.54) is 16.6 Å². The van der Waals surface area contributed by atoms with E-state index in [1.807, 2.05) is 47.1 Å². The van der Waals surface area contributed by atoms with Crippen molar-refractivity contribution in [2.24, 2.45) is 0 Å². The molecule has 3 heterocycles. The Morgan fingerprint density at radius 3 is 2.65 bits per heavy atom. The van der Waals surface area contributed by atoms with Crippen molar-refractivity contribution < 1.29 is 0 Å². The maximum Gasteiger partial charge on any atom is 0.0645 e. The minimum Gasteiger partial charge on any atom is -0.356 e. The van der Waals surface area contributed by atoms with E-state index >= 15 is 0 Å². The summed E-state index contributed by atoms with van der Waals surface area (Å²) in [7, 11) is 1.97. The molecule has 20 heavy (non-hydrogen) atoms. The van der Waals surface area contributed by atoms with Crippen molar-refractivity contribution in [2.45, 2.75) is 47.1 Å². The Hall–Kier alpha value is -1.39. The standard InChI is InChI=1S/C12H16N4.2C2H6/c1-8-6-16(13-2)7-11-12(8)9-3-4-14-5-10(9)15-11;2*1-2/h3-5,8,13,15H,6-7H2,1-2H3;2*1-2H3. The Morgan fingerprint density at radius 2 is 2.00 bits per heavy atom. The van der Waals surface area contributed by atoms with Gasteiger partial charge in [-0.25, -0.2) is 5.01 Å². The molecule has 2 N–H and O–H groups in total. The fourth-order valence-electron chi connectivity index (χ4n) is 2.66. The van der Waals surface area contributed by atoms with E-state index in [-0.39, 0.29) is 0 Å². The van der Waals surface area contributed by atoms with Crippen molar-refractivity contribution in [3.63, 3.8) is 0 Å². The van der Waals surface area contributed by atoms with Gasteiger partial charge < -0.3 is 4.98 Å². The number of aromatic nitrogens is 2. The van der Waals surface area contributed by atoms with Gasteiger partial charge in [-0.2, -0.15) is 0 Å². The van der Waals surface area contributed by atoms with E-state index in [1.54, 1.807) is 0 Å². The summed E-state index contributed by atoms with van der Waals surface area (Å²) in [6, 6.07) is 2.11. The second kappa shape index (κ2) is 8.02. The van der Waals surface area contributed by atoms with E-state index in [4.69, 9.17) is 0 Å². The summed E-state index contributed by atoms with van der Waals surface area (Å²) in [5, 5.41) is 3.56. The van der Waals surface area contributed by atoms with Gasteiger partial charge in [0.05, 0.1) is 18.3 Å². The summed E-state index contributed by atoms with van der Waals surface area (Å²) in [4.78, 5) is 7.63. The molecular formula is C16H28N4. The fraction of sp³-hybridized carbons (Fsp3) is 0.562. The molecule has 1 aliphatic heterocycles. The van der Waals surface area contributed by atoms with Crippen LogP contribution in [0.3, 0.4) is 0 Å². The lowest BCUT2D eigenvalue weighted by Crippen LogP contribution is -2.40. The van der Waals surface area contributed by atoms with Crippen molar-refractivity contribution in [3.05, 3.63) is 29.7 Å². The number of hydrazine groups is 1. The molecule has 0 aliphatic carbocycles. The number of H-pyrrole nitrogens is 1. The third-order valence-electron chi connectivity index (χ3n) is 3.37. The van der Waals surface area contributed by atoms with Gasteiger partial charge in [-0.1, -0.05) is 34.6 Å². The molecule has 1 aliphatic rings. The van der Waals surface area contributed by atoms with Gasteiger partial charge in [-0.05, 0) is 24.6 Å². The molecule has 0 amide bonds. The lowest BCUT2D eigenvalue weighted by Gasteiger charge is -2.30. The Balaban J connectivity index is 0.000000461. The molecule has 0 saturated carbocycles. The first kappa shape index (κ1) is 16.7. The molecule has 3 rings (SSSR count). The highest BCUT2D eigenvalue weighted by Crippen LogP contribution is 2.33. The van der Waals surface area contributed by atoms with Gasteiger partial charge in [0.15, 0.2) is 0 Å². The lowest BCUT2D eigenvalue weighted by molar-refractivity contribution is 0.172. The second-order valence-electron chi connectivity index (χ2n) is 4.44. The number of pyridine rings is 1. The minimum absolute atomic E-state index is 0.548. The Labute approximate surface area is 122 Å². The molecule has 0 spiro atoms. The Morgan fingerprint density at radius 1 is 1.30 bits per heavy atom. The van der Waals surface area contributed by atoms with Crippen LogP contribution < -0.4 is 5.43 Å². The van der Waals surface area contributed by atoms with Crippen LogP contribution in [0.2, 0.25) is 0 Å². The van der Waals surface area contributed by atoms with E-state index in [9.17, 15) is 0 Å². The monoisotopic (exact) mass is 276 g/mol.